The van der Waals surface area contributed by atoms with Crippen molar-refractivity contribution in [1.29, 1.82) is 0 Å². The monoisotopic (exact) mass is 581 g/mol. The maximum Gasteiger partial charge on any atom is 0.505 e. The highest BCUT2D eigenvalue weighted by Crippen LogP contribution is 2.37. The Kier molecular flexibility index (Phi) is 22.8. The molecule has 0 saturated carbocycles. The van der Waals surface area contributed by atoms with E-state index >= 15 is 0 Å². The minimum Gasteiger partial charge on any atom is -0.450 e. The second kappa shape index (κ2) is 23.4. The van der Waals surface area contributed by atoms with Crippen molar-refractivity contribution in [2.75, 3.05) is 27.3 Å². The molecule has 0 heterocycles. The first-order chi connectivity index (χ1) is 18.9. The lowest BCUT2D eigenvalue weighted by molar-refractivity contribution is 0.0738. The molecule has 0 aromatic rings. The first kappa shape index (κ1) is 38.9. The van der Waals surface area contributed by atoms with Gasteiger partial charge in [-0.15, -0.1) is 0 Å². The third-order valence-electron chi connectivity index (χ3n) is 8.61. The van der Waals surface area contributed by atoms with Crippen molar-refractivity contribution in [2.45, 2.75) is 155 Å². The van der Waals surface area contributed by atoms with Crippen LogP contribution in [0.15, 0.2) is 24.3 Å². The maximum absolute atomic E-state index is 10.9. The molecule has 6 heteroatoms. The molecule has 0 amide bonds. The van der Waals surface area contributed by atoms with Crippen molar-refractivity contribution in [3.63, 3.8) is 0 Å². The summed E-state index contributed by atoms with van der Waals surface area (Å²) in [5, 5.41) is 9.15. The molecule has 0 aliphatic carbocycles. The standard InChI is InChI=1S/C34H67NO4Si/c1-9-10-11-12-13-14-15-16-17-18-19-20-21-22-23-24-26-31(32(35(5)6)28-30-38-33(36)37)27-25-29-39-40(7,8)34(2,3)4/h13-14,16-17,31-32H,9-12,15,18-30H2,1-8H3,(H,36,37)/b14-13-,17-16-. The van der Waals surface area contributed by atoms with Gasteiger partial charge in [-0.25, -0.2) is 4.79 Å². The van der Waals surface area contributed by atoms with Crippen LogP contribution in [0.1, 0.15) is 130 Å². The van der Waals surface area contributed by atoms with E-state index in [1.54, 1.807) is 0 Å². The number of rotatable bonds is 25. The van der Waals surface area contributed by atoms with Gasteiger partial charge < -0.3 is 19.2 Å². The molecule has 0 aliphatic heterocycles. The van der Waals surface area contributed by atoms with Crippen molar-refractivity contribution < 1.29 is 19.1 Å². The molecule has 5 nitrogen and oxygen atoms in total. The largest absolute Gasteiger partial charge is 0.505 e. The first-order valence-corrected chi connectivity index (χ1v) is 19.3. The molecule has 236 valence electrons. The molecule has 0 spiro atoms. The SMILES string of the molecule is CCCCC/C=C\C/C=C\CCCCCCCCC(CCCO[Si](C)(C)C(C)(C)C)C(CCOC(=O)O)N(C)C. The van der Waals surface area contributed by atoms with E-state index in [2.05, 4.69) is 84.1 Å². The summed E-state index contributed by atoms with van der Waals surface area (Å²) in [7, 11) is 2.50. The molecule has 0 aromatic heterocycles. The first-order valence-electron chi connectivity index (χ1n) is 16.4. The van der Waals surface area contributed by atoms with E-state index in [9.17, 15) is 4.79 Å². The van der Waals surface area contributed by atoms with Crippen LogP contribution in [0.3, 0.4) is 0 Å². The van der Waals surface area contributed by atoms with Crippen LogP contribution in [-0.4, -0.2) is 57.8 Å². The molecule has 0 bridgehead atoms. The van der Waals surface area contributed by atoms with Crippen molar-refractivity contribution in [2.24, 2.45) is 5.92 Å². The predicted octanol–water partition coefficient (Wildman–Crippen LogP) is 10.6. The van der Waals surface area contributed by atoms with Crippen LogP contribution in [0, 0.1) is 5.92 Å². The number of carbonyl (C=O) groups is 1. The van der Waals surface area contributed by atoms with Gasteiger partial charge in [0, 0.05) is 12.6 Å². The zero-order valence-electron chi connectivity index (χ0n) is 27.8. The molecule has 2 unspecified atom stereocenters. The number of hydrogen-bond acceptors (Lipinski definition) is 4. The summed E-state index contributed by atoms with van der Waals surface area (Å²) in [6, 6.07) is 0.324. The van der Waals surface area contributed by atoms with Gasteiger partial charge in [0.15, 0.2) is 8.32 Å². The maximum atomic E-state index is 10.9. The van der Waals surface area contributed by atoms with Crippen molar-refractivity contribution in [3.8, 4) is 0 Å². The molecular formula is C34H67NO4Si. The predicted molar refractivity (Wildman–Crippen MR) is 176 cm³/mol. The van der Waals surface area contributed by atoms with Crippen LogP contribution >= 0.6 is 0 Å². The van der Waals surface area contributed by atoms with E-state index in [4.69, 9.17) is 14.3 Å². The molecule has 0 fully saturated rings. The van der Waals surface area contributed by atoms with E-state index in [1.165, 1.54) is 77.0 Å². The number of unbranched alkanes of at least 4 members (excludes halogenated alkanes) is 9. The van der Waals surface area contributed by atoms with Gasteiger partial charge in [0.1, 0.15) is 0 Å². The fraction of sp³-hybridized carbons (Fsp3) is 0.853. The lowest BCUT2D eigenvalue weighted by atomic mass is 9.86. The van der Waals surface area contributed by atoms with Gasteiger partial charge in [0.05, 0.1) is 6.61 Å². The van der Waals surface area contributed by atoms with E-state index in [-0.39, 0.29) is 11.6 Å². The van der Waals surface area contributed by atoms with Crippen molar-refractivity contribution in [1.82, 2.24) is 4.90 Å². The van der Waals surface area contributed by atoms with Crippen LogP contribution < -0.4 is 0 Å². The minimum atomic E-state index is -1.73. The lowest BCUT2D eigenvalue weighted by Crippen LogP contribution is -2.41. The molecule has 0 aliphatic rings. The van der Waals surface area contributed by atoms with Crippen LogP contribution in [0.5, 0.6) is 0 Å². The Morgan fingerprint density at radius 1 is 0.800 bits per heavy atom. The summed E-state index contributed by atoms with van der Waals surface area (Å²) in [4.78, 5) is 13.2. The number of allylic oxidation sites excluding steroid dienone is 4. The molecule has 0 aromatic carbocycles. The quantitative estimate of drug-likeness (QED) is 0.0503. The smallest absolute Gasteiger partial charge is 0.450 e. The van der Waals surface area contributed by atoms with Crippen LogP contribution in [0.2, 0.25) is 18.1 Å². The summed E-state index contributed by atoms with van der Waals surface area (Å²) in [5.74, 6) is 0.529. The Morgan fingerprint density at radius 3 is 1.90 bits per heavy atom. The third kappa shape index (κ3) is 20.7. The Balaban J connectivity index is 4.42. The summed E-state index contributed by atoms with van der Waals surface area (Å²) in [5.41, 5.74) is 0. The second-order valence-electron chi connectivity index (χ2n) is 13.3. The highest BCUT2D eigenvalue weighted by atomic mass is 28.4. The molecule has 1 N–H and O–H groups in total. The van der Waals surface area contributed by atoms with Gasteiger partial charge in [-0.2, -0.15) is 0 Å². The lowest BCUT2D eigenvalue weighted by Gasteiger charge is -2.37. The summed E-state index contributed by atoms with van der Waals surface area (Å²) >= 11 is 0. The zero-order chi connectivity index (χ0) is 30.3. The van der Waals surface area contributed by atoms with Gasteiger partial charge in [-0.3, -0.25) is 0 Å². The van der Waals surface area contributed by atoms with Crippen LogP contribution in [-0.2, 0) is 9.16 Å². The van der Waals surface area contributed by atoms with Crippen LogP contribution in [0.4, 0.5) is 4.79 Å². The molecule has 0 radical (unpaired) electrons. The highest BCUT2D eigenvalue weighted by Gasteiger charge is 2.37. The van der Waals surface area contributed by atoms with Crippen LogP contribution in [0.25, 0.3) is 0 Å². The Labute approximate surface area is 250 Å². The number of hydrogen-bond donors (Lipinski definition) is 1. The van der Waals surface area contributed by atoms with Gasteiger partial charge in [-0.1, -0.05) is 96.9 Å². The molecule has 0 rings (SSSR count). The molecule has 40 heavy (non-hydrogen) atoms. The fourth-order valence-electron chi connectivity index (χ4n) is 5.00. The number of nitrogens with zero attached hydrogens (tertiary/aromatic N) is 1. The van der Waals surface area contributed by atoms with E-state index in [0.717, 1.165) is 32.3 Å². The molecule has 2 atom stereocenters. The number of carboxylic acid groups (broad SMARTS) is 1. The number of ether oxygens (including phenoxy) is 1. The summed E-state index contributed by atoms with van der Waals surface area (Å²) in [6.07, 6.45) is 27.4. The molecular weight excluding hydrogens is 514 g/mol. The highest BCUT2D eigenvalue weighted by molar-refractivity contribution is 6.74. The van der Waals surface area contributed by atoms with E-state index in [1.807, 2.05) is 0 Å². The third-order valence-corrected chi connectivity index (χ3v) is 13.1. The Hall–Kier alpha value is -1.11. The van der Waals surface area contributed by atoms with E-state index in [0.29, 0.717) is 12.0 Å². The second-order valence-corrected chi connectivity index (χ2v) is 18.1. The average Bonchev–Trinajstić information content (AvgIpc) is 2.86. The van der Waals surface area contributed by atoms with Crippen molar-refractivity contribution in [3.05, 3.63) is 24.3 Å². The van der Waals surface area contributed by atoms with Crippen molar-refractivity contribution >= 4 is 14.5 Å². The summed E-state index contributed by atoms with van der Waals surface area (Å²) in [6.45, 7) is 14.8. The van der Waals surface area contributed by atoms with Gasteiger partial charge in [-0.05, 0) is 95.9 Å². The zero-order valence-corrected chi connectivity index (χ0v) is 28.8. The fourth-order valence-corrected chi connectivity index (χ4v) is 6.08. The summed E-state index contributed by atoms with van der Waals surface area (Å²) < 4.78 is 11.3. The average molecular weight is 582 g/mol. The Morgan fingerprint density at radius 2 is 1.35 bits per heavy atom. The van der Waals surface area contributed by atoms with Gasteiger partial charge in [0.25, 0.3) is 0 Å². The van der Waals surface area contributed by atoms with Gasteiger partial charge in [0.2, 0.25) is 0 Å². The van der Waals surface area contributed by atoms with Gasteiger partial charge >= 0.3 is 6.16 Å². The minimum absolute atomic E-state index is 0.230. The normalized spacial score (nSPS) is 14.4. The Bertz CT molecular complexity index is 669. The van der Waals surface area contributed by atoms with E-state index < -0.39 is 14.5 Å². The topological polar surface area (TPSA) is 59.0 Å². The molecule has 0 saturated heterocycles.